The van der Waals surface area contributed by atoms with Gasteiger partial charge in [0.15, 0.2) is 0 Å². The molecule has 0 spiro atoms. The standard InChI is InChI=1S/C25H37N3O3/c1-17(28-16-21-10-9-19(25(30)31)13-22(21)24(28)29)14-26-23-12-11-20(15-27-23)18-7-5-3-2-4-6-8-18/h9-10,13,17-18,20,23,26-27H,2-8,11-12,14-16H2,1H3,(H,30,31)/t17-,20?,23?/m1/s1. The van der Waals surface area contributed by atoms with E-state index in [1.165, 1.54) is 57.4 Å². The van der Waals surface area contributed by atoms with Gasteiger partial charge in [0.2, 0.25) is 0 Å². The summed E-state index contributed by atoms with van der Waals surface area (Å²) in [5.41, 5.74) is 1.62. The van der Waals surface area contributed by atoms with Crippen LogP contribution in [-0.2, 0) is 6.54 Å². The van der Waals surface area contributed by atoms with E-state index < -0.39 is 5.97 Å². The summed E-state index contributed by atoms with van der Waals surface area (Å²) in [6, 6.07) is 4.92. The minimum Gasteiger partial charge on any atom is -0.478 e. The van der Waals surface area contributed by atoms with Crippen LogP contribution in [0.2, 0.25) is 0 Å². The molecule has 170 valence electrons. The van der Waals surface area contributed by atoms with E-state index in [2.05, 4.69) is 17.6 Å². The van der Waals surface area contributed by atoms with Crippen LogP contribution in [-0.4, -0.2) is 47.2 Å². The van der Waals surface area contributed by atoms with Crippen LogP contribution in [0.1, 0.15) is 91.0 Å². The second kappa shape index (κ2) is 10.1. The van der Waals surface area contributed by atoms with Gasteiger partial charge in [-0.25, -0.2) is 4.79 Å². The molecule has 6 heteroatoms. The highest BCUT2D eigenvalue weighted by atomic mass is 16.4. The van der Waals surface area contributed by atoms with Gasteiger partial charge in [0.25, 0.3) is 5.91 Å². The Morgan fingerprint density at radius 2 is 1.87 bits per heavy atom. The van der Waals surface area contributed by atoms with Crippen molar-refractivity contribution in [1.29, 1.82) is 0 Å². The van der Waals surface area contributed by atoms with Crippen LogP contribution < -0.4 is 10.6 Å². The van der Waals surface area contributed by atoms with Crippen molar-refractivity contribution in [3.05, 3.63) is 34.9 Å². The van der Waals surface area contributed by atoms with Crippen LogP contribution >= 0.6 is 0 Å². The average Bonchev–Trinajstić information content (AvgIpc) is 3.08. The van der Waals surface area contributed by atoms with Crippen molar-refractivity contribution >= 4 is 11.9 Å². The smallest absolute Gasteiger partial charge is 0.335 e. The molecule has 1 saturated heterocycles. The maximum absolute atomic E-state index is 12.8. The number of piperidine rings is 1. The molecule has 1 aliphatic carbocycles. The molecule has 0 bridgehead atoms. The average molecular weight is 428 g/mol. The predicted molar refractivity (Wildman–Crippen MR) is 121 cm³/mol. The van der Waals surface area contributed by atoms with Crippen molar-refractivity contribution in [3.63, 3.8) is 0 Å². The summed E-state index contributed by atoms with van der Waals surface area (Å²) in [5.74, 6) is 0.647. The molecular formula is C25H37N3O3. The summed E-state index contributed by atoms with van der Waals surface area (Å²) in [4.78, 5) is 25.9. The van der Waals surface area contributed by atoms with Gasteiger partial charge in [0, 0.05) is 24.7 Å². The molecule has 0 radical (unpaired) electrons. The fraction of sp³-hybridized carbons (Fsp3) is 0.680. The van der Waals surface area contributed by atoms with Gasteiger partial charge in [0.1, 0.15) is 0 Å². The predicted octanol–water partition coefficient (Wildman–Crippen LogP) is 4.00. The number of nitrogens with one attached hydrogen (secondary N) is 2. The first-order valence-corrected chi connectivity index (χ1v) is 12.2. The third-order valence-electron chi connectivity index (χ3n) is 7.65. The summed E-state index contributed by atoms with van der Waals surface area (Å²) in [6.45, 7) is 4.45. The maximum Gasteiger partial charge on any atom is 0.335 e. The molecule has 2 fully saturated rings. The number of benzene rings is 1. The summed E-state index contributed by atoms with van der Waals surface area (Å²) >= 11 is 0. The van der Waals surface area contributed by atoms with E-state index >= 15 is 0 Å². The molecule has 1 amide bonds. The molecule has 1 aromatic rings. The van der Waals surface area contributed by atoms with Gasteiger partial charge in [-0.05, 0) is 55.8 Å². The lowest BCUT2D eigenvalue weighted by Gasteiger charge is -2.37. The number of carbonyl (C=O) groups is 2. The van der Waals surface area contributed by atoms with E-state index in [0.29, 0.717) is 18.3 Å². The molecule has 2 heterocycles. The van der Waals surface area contributed by atoms with Crippen molar-refractivity contribution in [3.8, 4) is 0 Å². The number of carboxylic acids is 1. The van der Waals surface area contributed by atoms with Crippen LogP contribution in [0.25, 0.3) is 0 Å². The number of rotatable bonds is 6. The normalized spacial score (nSPS) is 26.2. The lowest BCUT2D eigenvalue weighted by atomic mass is 9.78. The second-order valence-corrected chi connectivity index (χ2v) is 9.77. The van der Waals surface area contributed by atoms with Crippen molar-refractivity contribution in [2.75, 3.05) is 13.1 Å². The van der Waals surface area contributed by atoms with Gasteiger partial charge in [0.05, 0.1) is 11.7 Å². The zero-order valence-electron chi connectivity index (χ0n) is 18.7. The second-order valence-electron chi connectivity index (χ2n) is 9.77. The van der Waals surface area contributed by atoms with Gasteiger partial charge in [-0.3, -0.25) is 10.1 Å². The topological polar surface area (TPSA) is 81.7 Å². The van der Waals surface area contributed by atoms with Crippen LogP contribution in [0.15, 0.2) is 18.2 Å². The third kappa shape index (κ3) is 5.29. The lowest BCUT2D eigenvalue weighted by molar-refractivity contribution is 0.0696. The van der Waals surface area contributed by atoms with Gasteiger partial charge >= 0.3 is 5.97 Å². The number of nitrogens with zero attached hydrogens (tertiary/aromatic N) is 1. The fourth-order valence-electron chi connectivity index (χ4n) is 5.65. The number of fused-ring (bicyclic) bond motifs is 1. The minimum absolute atomic E-state index is 0.0540. The fourth-order valence-corrected chi connectivity index (χ4v) is 5.65. The highest BCUT2D eigenvalue weighted by molar-refractivity contribution is 6.01. The number of carbonyl (C=O) groups excluding carboxylic acids is 1. The van der Waals surface area contributed by atoms with E-state index in [-0.39, 0.29) is 17.5 Å². The molecule has 2 unspecified atom stereocenters. The maximum atomic E-state index is 12.8. The van der Waals surface area contributed by atoms with Crippen LogP contribution in [0, 0.1) is 11.8 Å². The molecular weight excluding hydrogens is 390 g/mol. The first-order valence-electron chi connectivity index (χ1n) is 12.2. The van der Waals surface area contributed by atoms with Crippen LogP contribution in [0.3, 0.4) is 0 Å². The number of amides is 1. The molecule has 31 heavy (non-hydrogen) atoms. The number of carboxylic acid groups (broad SMARTS) is 1. The largest absolute Gasteiger partial charge is 0.478 e. The van der Waals surface area contributed by atoms with Gasteiger partial charge in [-0.15, -0.1) is 0 Å². The highest BCUT2D eigenvalue weighted by Gasteiger charge is 2.32. The monoisotopic (exact) mass is 427 g/mol. The zero-order chi connectivity index (χ0) is 21.8. The van der Waals surface area contributed by atoms with E-state index in [0.717, 1.165) is 36.9 Å². The summed E-state index contributed by atoms with van der Waals surface area (Å²) < 4.78 is 0. The van der Waals surface area contributed by atoms with Gasteiger partial charge in [-0.1, -0.05) is 51.0 Å². The Balaban J connectivity index is 1.24. The zero-order valence-corrected chi connectivity index (χ0v) is 18.7. The molecule has 4 rings (SSSR count). The minimum atomic E-state index is -0.996. The molecule has 1 saturated carbocycles. The lowest BCUT2D eigenvalue weighted by Crippen LogP contribution is -2.52. The Bertz CT molecular complexity index is 780. The summed E-state index contributed by atoms with van der Waals surface area (Å²) in [7, 11) is 0. The van der Waals surface area contributed by atoms with Gasteiger partial charge < -0.3 is 15.3 Å². The molecule has 2 aliphatic heterocycles. The van der Waals surface area contributed by atoms with E-state index in [1.807, 2.05) is 4.90 Å². The molecule has 3 aliphatic rings. The van der Waals surface area contributed by atoms with Gasteiger partial charge in [-0.2, -0.15) is 0 Å². The highest BCUT2D eigenvalue weighted by Crippen LogP contribution is 2.32. The quantitative estimate of drug-likeness (QED) is 0.639. The number of aromatic carboxylic acids is 1. The summed E-state index contributed by atoms with van der Waals surface area (Å²) in [5, 5.41) is 16.5. The number of hydrogen-bond acceptors (Lipinski definition) is 4. The Labute approximate surface area is 185 Å². The first kappa shape index (κ1) is 22.3. The summed E-state index contributed by atoms with van der Waals surface area (Å²) in [6.07, 6.45) is 12.6. The van der Waals surface area contributed by atoms with Crippen LogP contribution in [0.5, 0.6) is 0 Å². The van der Waals surface area contributed by atoms with Crippen molar-refractivity contribution in [2.45, 2.75) is 83.5 Å². The molecule has 6 nitrogen and oxygen atoms in total. The Kier molecular flexibility index (Phi) is 7.28. The molecule has 0 aromatic heterocycles. The van der Waals surface area contributed by atoms with E-state index in [9.17, 15) is 14.7 Å². The Hall–Kier alpha value is -1.92. The van der Waals surface area contributed by atoms with Crippen LogP contribution in [0.4, 0.5) is 0 Å². The molecule has 3 atom stereocenters. The first-order chi connectivity index (χ1) is 15.0. The third-order valence-corrected chi connectivity index (χ3v) is 7.65. The van der Waals surface area contributed by atoms with Crippen molar-refractivity contribution < 1.29 is 14.7 Å². The molecule has 1 aromatic carbocycles. The SMILES string of the molecule is C[C@H](CNC1CCC(C2CCCCCCC2)CN1)N1Cc2ccc(C(=O)O)cc2C1=O. The number of hydrogen-bond donors (Lipinski definition) is 3. The van der Waals surface area contributed by atoms with Crippen molar-refractivity contribution in [2.24, 2.45) is 11.8 Å². The van der Waals surface area contributed by atoms with E-state index in [4.69, 9.17) is 0 Å². The Morgan fingerprint density at radius 3 is 2.55 bits per heavy atom. The van der Waals surface area contributed by atoms with E-state index in [1.54, 1.807) is 12.1 Å². The Morgan fingerprint density at radius 1 is 1.13 bits per heavy atom. The van der Waals surface area contributed by atoms with Crippen molar-refractivity contribution in [1.82, 2.24) is 15.5 Å². The molecule has 3 N–H and O–H groups in total.